The molecule has 0 saturated carbocycles. The summed E-state index contributed by atoms with van der Waals surface area (Å²) < 4.78 is 61.4. The van der Waals surface area contributed by atoms with Crippen molar-refractivity contribution in [2.75, 3.05) is 18.6 Å². The van der Waals surface area contributed by atoms with Crippen molar-refractivity contribution in [1.82, 2.24) is 0 Å². The maximum absolute atomic E-state index is 11.2. The van der Waals surface area contributed by atoms with Gasteiger partial charge in [0.1, 0.15) is 44.7 Å². The SMILES string of the molecule is CS(=O)(=O)CCC/C(=N/OS(=O)(=O)O)SC1OC(CO)C(O)C(O)C1O. The molecular formula is C11H21NO11S3. The number of hydrogen-bond acceptors (Lipinski definition) is 12. The van der Waals surface area contributed by atoms with Crippen LogP contribution in [0.5, 0.6) is 0 Å². The van der Waals surface area contributed by atoms with Gasteiger partial charge in [0.05, 0.1) is 12.4 Å². The minimum absolute atomic E-state index is 0.0247. The third-order valence-corrected chi connectivity index (χ3v) is 5.71. The Morgan fingerprint density at radius 2 is 1.77 bits per heavy atom. The number of thioether (sulfide) groups is 1. The second-order valence-electron chi connectivity index (χ2n) is 5.54. The van der Waals surface area contributed by atoms with Crippen molar-refractivity contribution in [2.45, 2.75) is 42.7 Å². The molecule has 154 valence electrons. The van der Waals surface area contributed by atoms with Crippen LogP contribution in [0.15, 0.2) is 5.16 Å². The van der Waals surface area contributed by atoms with E-state index in [1.807, 2.05) is 0 Å². The van der Waals surface area contributed by atoms with Crippen LogP contribution in [-0.2, 0) is 29.3 Å². The number of oxime groups is 1. The van der Waals surface area contributed by atoms with Crippen LogP contribution in [0.4, 0.5) is 0 Å². The summed E-state index contributed by atoms with van der Waals surface area (Å²) in [4.78, 5) is 0. The lowest BCUT2D eigenvalue weighted by atomic mass is 10.0. The van der Waals surface area contributed by atoms with Crippen LogP contribution in [0.1, 0.15) is 12.8 Å². The summed E-state index contributed by atoms with van der Waals surface area (Å²) in [7, 11) is -8.21. The molecule has 15 heteroatoms. The molecule has 5 N–H and O–H groups in total. The molecule has 0 bridgehead atoms. The largest absolute Gasteiger partial charge is 0.466 e. The molecule has 1 aliphatic heterocycles. The van der Waals surface area contributed by atoms with Gasteiger partial charge in [0.15, 0.2) is 0 Å². The van der Waals surface area contributed by atoms with Gasteiger partial charge in [-0.1, -0.05) is 16.9 Å². The summed E-state index contributed by atoms with van der Waals surface area (Å²) in [6.45, 7) is -0.663. The Morgan fingerprint density at radius 3 is 2.27 bits per heavy atom. The van der Waals surface area contributed by atoms with Crippen LogP contribution in [0, 0.1) is 0 Å². The Morgan fingerprint density at radius 1 is 1.15 bits per heavy atom. The summed E-state index contributed by atoms with van der Waals surface area (Å²) in [5.74, 6) is -0.243. The van der Waals surface area contributed by atoms with E-state index in [0.29, 0.717) is 11.8 Å². The van der Waals surface area contributed by atoms with E-state index in [0.717, 1.165) is 6.26 Å². The summed E-state index contributed by atoms with van der Waals surface area (Å²) >= 11 is 0.590. The Kier molecular flexibility index (Phi) is 8.69. The fourth-order valence-corrected chi connectivity index (χ4v) is 4.01. The number of aliphatic hydroxyl groups is 4. The van der Waals surface area contributed by atoms with Crippen LogP contribution >= 0.6 is 11.8 Å². The summed E-state index contributed by atoms with van der Waals surface area (Å²) in [6, 6.07) is 0. The van der Waals surface area contributed by atoms with Crippen molar-refractivity contribution in [2.24, 2.45) is 5.16 Å². The lowest BCUT2D eigenvalue weighted by Crippen LogP contribution is -2.57. The molecule has 0 aromatic heterocycles. The Bertz CT molecular complexity index is 690. The molecule has 0 radical (unpaired) electrons. The van der Waals surface area contributed by atoms with Gasteiger partial charge < -0.3 is 25.2 Å². The Labute approximate surface area is 154 Å². The lowest BCUT2D eigenvalue weighted by Gasteiger charge is -2.39. The maximum Gasteiger partial charge on any atom is 0.466 e. The molecule has 1 aliphatic rings. The van der Waals surface area contributed by atoms with Gasteiger partial charge in [0.2, 0.25) is 0 Å². The van der Waals surface area contributed by atoms with E-state index in [1.54, 1.807) is 0 Å². The fraction of sp³-hybridized carbons (Fsp3) is 0.909. The number of ether oxygens (including phenoxy) is 1. The minimum Gasteiger partial charge on any atom is -0.394 e. The minimum atomic E-state index is -4.91. The molecule has 0 aliphatic carbocycles. The van der Waals surface area contributed by atoms with Gasteiger partial charge in [-0.15, -0.1) is 0 Å². The number of sulfone groups is 1. The highest BCUT2D eigenvalue weighted by Crippen LogP contribution is 2.30. The molecule has 1 saturated heterocycles. The standard InChI is InChI=1S/C11H21NO11S3/c1-25(17,18)4-2-3-7(12-23-26(19,20)21)24-11-10(16)9(15)8(14)6(5-13)22-11/h6,8-11,13-16H,2-5H2,1H3,(H,19,20,21)/b12-7-. The first-order chi connectivity index (χ1) is 11.8. The molecule has 26 heavy (non-hydrogen) atoms. The average Bonchev–Trinajstić information content (AvgIpc) is 2.50. The second-order valence-corrected chi connectivity index (χ2v) is 9.97. The topological polar surface area (TPSA) is 200 Å². The predicted octanol–water partition coefficient (Wildman–Crippen LogP) is -2.52. The van der Waals surface area contributed by atoms with Crippen molar-refractivity contribution in [3.05, 3.63) is 0 Å². The van der Waals surface area contributed by atoms with Crippen molar-refractivity contribution in [1.29, 1.82) is 0 Å². The van der Waals surface area contributed by atoms with Gasteiger partial charge in [0.25, 0.3) is 0 Å². The van der Waals surface area contributed by atoms with Crippen molar-refractivity contribution >= 4 is 37.0 Å². The van der Waals surface area contributed by atoms with Gasteiger partial charge in [-0.25, -0.2) is 12.7 Å². The molecule has 1 fully saturated rings. The van der Waals surface area contributed by atoms with Gasteiger partial charge in [-0.2, -0.15) is 8.42 Å². The number of hydrogen-bond donors (Lipinski definition) is 5. The molecular weight excluding hydrogens is 418 g/mol. The molecule has 1 heterocycles. The van der Waals surface area contributed by atoms with Crippen molar-refractivity contribution < 1.29 is 50.8 Å². The van der Waals surface area contributed by atoms with Gasteiger partial charge in [-0.05, 0) is 6.42 Å². The van der Waals surface area contributed by atoms with Crippen molar-refractivity contribution in [3.63, 3.8) is 0 Å². The van der Waals surface area contributed by atoms with Crippen LogP contribution < -0.4 is 0 Å². The fourth-order valence-electron chi connectivity index (χ4n) is 2.00. The zero-order valence-electron chi connectivity index (χ0n) is 13.6. The van der Waals surface area contributed by atoms with E-state index >= 15 is 0 Å². The molecule has 12 nitrogen and oxygen atoms in total. The molecule has 0 aromatic carbocycles. The highest BCUT2D eigenvalue weighted by molar-refractivity contribution is 8.14. The molecule has 0 spiro atoms. The zero-order valence-corrected chi connectivity index (χ0v) is 16.0. The molecule has 5 atom stereocenters. The molecule has 1 rings (SSSR count). The smallest absolute Gasteiger partial charge is 0.394 e. The van der Waals surface area contributed by atoms with Crippen LogP contribution in [0.25, 0.3) is 0 Å². The monoisotopic (exact) mass is 439 g/mol. The van der Waals surface area contributed by atoms with E-state index in [9.17, 15) is 32.2 Å². The summed E-state index contributed by atoms with van der Waals surface area (Å²) in [5.41, 5.74) is -1.27. The summed E-state index contributed by atoms with van der Waals surface area (Å²) in [5, 5.41) is 41.6. The van der Waals surface area contributed by atoms with Crippen molar-refractivity contribution in [3.8, 4) is 0 Å². The van der Waals surface area contributed by atoms with Crippen LogP contribution in [-0.4, -0.2) is 95.3 Å². The number of aliphatic hydroxyl groups excluding tert-OH is 4. The normalized spacial score (nSPS) is 31.0. The van der Waals surface area contributed by atoms with Crippen LogP contribution in [0.3, 0.4) is 0 Å². The lowest BCUT2D eigenvalue weighted by molar-refractivity contribution is -0.205. The molecule has 5 unspecified atom stereocenters. The Balaban J connectivity index is 2.88. The van der Waals surface area contributed by atoms with Gasteiger partial charge >= 0.3 is 10.4 Å². The number of nitrogens with zero attached hydrogens (tertiary/aromatic N) is 1. The summed E-state index contributed by atoms with van der Waals surface area (Å²) in [6.07, 6.45) is -5.12. The van der Waals surface area contributed by atoms with Crippen LogP contribution in [0.2, 0.25) is 0 Å². The third-order valence-electron chi connectivity index (χ3n) is 3.24. The quantitative estimate of drug-likeness (QED) is 0.115. The number of rotatable bonds is 8. The van der Waals surface area contributed by atoms with E-state index in [-0.39, 0.29) is 23.6 Å². The Hall–Kier alpha value is -0.520. The van der Waals surface area contributed by atoms with E-state index < -0.39 is 56.7 Å². The zero-order chi connectivity index (χ0) is 20.1. The first kappa shape index (κ1) is 23.5. The van der Waals surface area contributed by atoms with Gasteiger partial charge in [0, 0.05) is 12.7 Å². The molecule has 0 amide bonds. The first-order valence-electron chi connectivity index (χ1n) is 7.22. The predicted molar refractivity (Wildman–Crippen MR) is 90.4 cm³/mol. The van der Waals surface area contributed by atoms with E-state index in [2.05, 4.69) is 9.44 Å². The second kappa shape index (κ2) is 9.61. The van der Waals surface area contributed by atoms with E-state index in [4.69, 9.17) is 14.4 Å². The average molecular weight is 439 g/mol. The molecule has 0 aromatic rings. The first-order valence-corrected chi connectivity index (χ1v) is 11.5. The third kappa shape index (κ3) is 8.01. The van der Waals surface area contributed by atoms with E-state index in [1.165, 1.54) is 0 Å². The van der Waals surface area contributed by atoms with Gasteiger partial charge in [-0.3, -0.25) is 4.55 Å². The highest BCUT2D eigenvalue weighted by Gasteiger charge is 2.44. The highest BCUT2D eigenvalue weighted by atomic mass is 32.3. The maximum atomic E-state index is 11.2.